The van der Waals surface area contributed by atoms with Gasteiger partial charge in [-0.05, 0) is 31.7 Å². The number of pyridine rings is 1. The highest BCUT2D eigenvalue weighted by Gasteiger charge is 2.46. The van der Waals surface area contributed by atoms with Crippen molar-refractivity contribution in [3.05, 3.63) is 34.2 Å². The van der Waals surface area contributed by atoms with Gasteiger partial charge in [-0.3, -0.25) is 14.4 Å². The fourth-order valence-corrected chi connectivity index (χ4v) is 4.17. The molecule has 2 N–H and O–H groups in total. The maximum Gasteiger partial charge on any atom is 0.255 e. The van der Waals surface area contributed by atoms with Crippen molar-refractivity contribution < 1.29 is 9.59 Å². The highest BCUT2D eigenvalue weighted by Crippen LogP contribution is 2.35. The fraction of sp³-hybridized carbons (Fsp3) is 0.632. The van der Waals surface area contributed by atoms with Gasteiger partial charge in [0.15, 0.2) is 0 Å². The van der Waals surface area contributed by atoms with Crippen LogP contribution in [0.4, 0.5) is 0 Å². The molecule has 0 aromatic carbocycles. The van der Waals surface area contributed by atoms with Crippen molar-refractivity contribution in [3.63, 3.8) is 0 Å². The maximum atomic E-state index is 13.1. The first-order chi connectivity index (χ1) is 12.0. The van der Waals surface area contributed by atoms with Gasteiger partial charge in [-0.15, -0.1) is 0 Å². The molecule has 0 bridgehead atoms. The summed E-state index contributed by atoms with van der Waals surface area (Å²) in [6, 6.07) is 3.10. The molecule has 0 spiro atoms. The van der Waals surface area contributed by atoms with Crippen LogP contribution in [0.3, 0.4) is 0 Å². The number of hydrogen-bond donors (Lipinski definition) is 2. The van der Waals surface area contributed by atoms with Crippen molar-refractivity contribution in [1.82, 2.24) is 15.2 Å². The molecule has 2 amide bonds. The minimum Gasteiger partial charge on any atom is -0.351 e. The second-order valence-electron chi connectivity index (χ2n) is 7.35. The van der Waals surface area contributed by atoms with Gasteiger partial charge < -0.3 is 15.2 Å². The lowest BCUT2D eigenvalue weighted by Gasteiger charge is -2.43. The molecule has 2 aliphatic carbocycles. The lowest BCUT2D eigenvalue weighted by molar-refractivity contribution is -0.134. The van der Waals surface area contributed by atoms with Crippen LogP contribution in [0.1, 0.15) is 68.1 Å². The van der Waals surface area contributed by atoms with Gasteiger partial charge in [-0.2, -0.15) is 0 Å². The van der Waals surface area contributed by atoms with Crippen molar-refractivity contribution in [3.8, 4) is 0 Å². The molecule has 0 unspecified atom stereocenters. The van der Waals surface area contributed by atoms with Gasteiger partial charge in [-0.1, -0.05) is 32.1 Å². The molecule has 136 valence electrons. The number of aromatic amines is 1. The van der Waals surface area contributed by atoms with Crippen LogP contribution in [-0.2, 0) is 4.79 Å². The van der Waals surface area contributed by atoms with E-state index >= 15 is 0 Å². The summed E-state index contributed by atoms with van der Waals surface area (Å²) in [5.41, 5.74) is -0.625. The SMILES string of the molecule is CN(C(=O)c1ccc(=O)[nH]c1)C1(C(=O)NC2CCCC2)CCCCC1. The molecule has 6 heteroatoms. The zero-order valence-electron chi connectivity index (χ0n) is 14.8. The predicted molar refractivity (Wildman–Crippen MR) is 95.4 cm³/mol. The monoisotopic (exact) mass is 345 g/mol. The summed E-state index contributed by atoms with van der Waals surface area (Å²) in [4.78, 5) is 41.4. The summed E-state index contributed by atoms with van der Waals surface area (Å²) >= 11 is 0. The van der Waals surface area contributed by atoms with Crippen LogP contribution >= 0.6 is 0 Å². The smallest absolute Gasteiger partial charge is 0.255 e. The van der Waals surface area contributed by atoms with E-state index in [1.807, 2.05) is 0 Å². The number of nitrogens with one attached hydrogen (secondary N) is 2. The highest BCUT2D eigenvalue weighted by molar-refractivity contribution is 5.99. The number of aromatic nitrogens is 1. The van der Waals surface area contributed by atoms with Crippen molar-refractivity contribution in [2.75, 3.05) is 7.05 Å². The molecule has 0 saturated heterocycles. The molecular formula is C19H27N3O3. The van der Waals surface area contributed by atoms with Gasteiger partial charge in [-0.25, -0.2) is 0 Å². The number of hydrogen-bond acceptors (Lipinski definition) is 3. The van der Waals surface area contributed by atoms with Crippen LogP contribution in [0.25, 0.3) is 0 Å². The number of amides is 2. The third-order valence-corrected chi connectivity index (χ3v) is 5.77. The third kappa shape index (κ3) is 3.62. The van der Waals surface area contributed by atoms with Crippen molar-refractivity contribution in [1.29, 1.82) is 0 Å². The molecule has 2 aliphatic rings. The topological polar surface area (TPSA) is 82.3 Å². The Morgan fingerprint density at radius 1 is 1.12 bits per heavy atom. The van der Waals surface area contributed by atoms with Crippen molar-refractivity contribution >= 4 is 11.8 Å². The van der Waals surface area contributed by atoms with Crippen LogP contribution in [-0.4, -0.2) is 40.3 Å². The van der Waals surface area contributed by atoms with Gasteiger partial charge in [0.2, 0.25) is 11.5 Å². The van der Waals surface area contributed by atoms with Crippen LogP contribution in [0, 0.1) is 0 Å². The number of carbonyl (C=O) groups excluding carboxylic acids is 2. The number of nitrogens with zero attached hydrogens (tertiary/aromatic N) is 1. The molecule has 0 atom stereocenters. The lowest BCUT2D eigenvalue weighted by atomic mass is 9.79. The highest BCUT2D eigenvalue weighted by atomic mass is 16.2. The average Bonchev–Trinajstić information content (AvgIpc) is 3.14. The van der Waals surface area contributed by atoms with Gasteiger partial charge >= 0.3 is 0 Å². The summed E-state index contributed by atoms with van der Waals surface area (Å²) in [5, 5.41) is 3.20. The molecule has 6 nitrogen and oxygen atoms in total. The summed E-state index contributed by atoms with van der Waals surface area (Å²) in [7, 11) is 1.72. The standard InChI is InChI=1S/C19H27N3O3/c1-22(17(24)14-9-10-16(23)20-13-14)19(11-5-2-6-12-19)18(25)21-15-7-3-4-8-15/h9-10,13,15H,2-8,11-12H2,1H3,(H,20,23)(H,21,25). The number of H-pyrrole nitrogens is 1. The largest absolute Gasteiger partial charge is 0.351 e. The second-order valence-corrected chi connectivity index (χ2v) is 7.35. The normalized spacial score (nSPS) is 20.2. The molecule has 2 fully saturated rings. The van der Waals surface area contributed by atoms with Crippen LogP contribution < -0.4 is 10.9 Å². The van der Waals surface area contributed by atoms with E-state index in [-0.39, 0.29) is 23.4 Å². The molecule has 2 saturated carbocycles. The van der Waals surface area contributed by atoms with E-state index < -0.39 is 5.54 Å². The lowest BCUT2D eigenvalue weighted by Crippen LogP contribution is -2.61. The maximum absolute atomic E-state index is 13.1. The van der Waals surface area contributed by atoms with E-state index in [0.717, 1.165) is 44.9 Å². The second kappa shape index (κ2) is 7.42. The van der Waals surface area contributed by atoms with Crippen LogP contribution in [0.5, 0.6) is 0 Å². The molecule has 25 heavy (non-hydrogen) atoms. The molecule has 0 radical (unpaired) electrons. The summed E-state index contributed by atoms with van der Waals surface area (Å²) in [5.74, 6) is -0.237. The Morgan fingerprint density at radius 2 is 1.80 bits per heavy atom. The molecule has 0 aliphatic heterocycles. The number of rotatable bonds is 4. The van der Waals surface area contributed by atoms with E-state index in [1.165, 1.54) is 18.3 Å². The van der Waals surface area contributed by atoms with Crippen molar-refractivity contribution in [2.45, 2.75) is 69.4 Å². The molecular weight excluding hydrogens is 318 g/mol. The minimum atomic E-state index is -0.784. The Morgan fingerprint density at radius 3 is 2.40 bits per heavy atom. The Balaban J connectivity index is 1.82. The van der Waals surface area contributed by atoms with E-state index in [2.05, 4.69) is 10.3 Å². The van der Waals surface area contributed by atoms with E-state index in [9.17, 15) is 14.4 Å². The Kier molecular flexibility index (Phi) is 5.25. The van der Waals surface area contributed by atoms with E-state index in [1.54, 1.807) is 11.9 Å². The average molecular weight is 345 g/mol. The van der Waals surface area contributed by atoms with Gasteiger partial charge in [0.05, 0.1) is 5.56 Å². The molecule has 1 aromatic rings. The Bertz CT molecular complexity index is 665. The number of carbonyl (C=O) groups is 2. The van der Waals surface area contributed by atoms with Crippen LogP contribution in [0.2, 0.25) is 0 Å². The van der Waals surface area contributed by atoms with Gasteiger partial charge in [0, 0.05) is 25.4 Å². The van der Waals surface area contributed by atoms with E-state index in [4.69, 9.17) is 0 Å². The summed E-state index contributed by atoms with van der Waals surface area (Å²) in [6.07, 6.45) is 10.2. The third-order valence-electron chi connectivity index (χ3n) is 5.77. The number of likely N-dealkylation sites (N-methyl/N-ethyl adjacent to an activating group) is 1. The van der Waals surface area contributed by atoms with Crippen LogP contribution in [0.15, 0.2) is 23.1 Å². The van der Waals surface area contributed by atoms with E-state index in [0.29, 0.717) is 18.4 Å². The minimum absolute atomic E-state index is 0.0145. The van der Waals surface area contributed by atoms with Crippen molar-refractivity contribution in [2.24, 2.45) is 0 Å². The van der Waals surface area contributed by atoms with Gasteiger partial charge in [0.1, 0.15) is 5.54 Å². The Labute approximate surface area is 148 Å². The molecule has 1 aromatic heterocycles. The summed E-state index contributed by atoms with van der Waals surface area (Å²) in [6.45, 7) is 0. The summed E-state index contributed by atoms with van der Waals surface area (Å²) < 4.78 is 0. The first kappa shape index (κ1) is 17.7. The van der Waals surface area contributed by atoms with Gasteiger partial charge in [0.25, 0.3) is 5.91 Å². The Hall–Kier alpha value is -2.11. The predicted octanol–water partition coefficient (Wildman–Crippen LogP) is 2.21. The fourth-order valence-electron chi connectivity index (χ4n) is 4.17. The first-order valence-electron chi connectivity index (χ1n) is 9.31. The zero-order chi connectivity index (χ0) is 17.9. The zero-order valence-corrected chi connectivity index (χ0v) is 14.8. The molecule has 1 heterocycles. The molecule has 3 rings (SSSR count). The quantitative estimate of drug-likeness (QED) is 0.878. The first-order valence-corrected chi connectivity index (χ1v) is 9.31.